The van der Waals surface area contributed by atoms with E-state index in [0.29, 0.717) is 11.3 Å². The zero-order valence-electron chi connectivity index (χ0n) is 16.5. The highest BCUT2D eigenvalue weighted by Gasteiger charge is 2.38. The molecule has 1 aliphatic rings. The number of nitrogens with one attached hydrogen (secondary N) is 2. The second kappa shape index (κ2) is 8.45. The van der Waals surface area contributed by atoms with Crippen LogP contribution in [0.4, 0.5) is 5.69 Å². The number of carbonyl (C=O) groups excluding carboxylic acids is 3. The monoisotopic (exact) mass is 430 g/mol. The van der Waals surface area contributed by atoms with Gasteiger partial charge in [-0.1, -0.05) is 48.0 Å². The number of benzene rings is 3. The van der Waals surface area contributed by atoms with Gasteiger partial charge in [0.05, 0.1) is 5.69 Å². The van der Waals surface area contributed by atoms with Crippen LogP contribution in [-0.4, -0.2) is 29.0 Å². The first-order valence-corrected chi connectivity index (χ1v) is 9.92. The lowest BCUT2D eigenvalue weighted by Gasteiger charge is -2.30. The molecular formula is C23H18N4O3S. The third-order valence-corrected chi connectivity index (χ3v) is 5.18. The predicted octanol–water partition coefficient (Wildman–Crippen LogP) is 2.93. The molecule has 3 amide bonds. The van der Waals surface area contributed by atoms with Crippen molar-refractivity contribution in [2.24, 2.45) is 11.0 Å². The zero-order valence-corrected chi connectivity index (χ0v) is 17.3. The Morgan fingerprint density at radius 1 is 1.06 bits per heavy atom. The van der Waals surface area contributed by atoms with Gasteiger partial charge < -0.3 is 5.32 Å². The van der Waals surface area contributed by atoms with Crippen LogP contribution in [0.2, 0.25) is 0 Å². The van der Waals surface area contributed by atoms with Crippen LogP contribution >= 0.6 is 12.2 Å². The van der Waals surface area contributed by atoms with Gasteiger partial charge in [0.25, 0.3) is 11.8 Å². The van der Waals surface area contributed by atoms with Crippen molar-refractivity contribution in [1.29, 1.82) is 0 Å². The summed E-state index contributed by atoms with van der Waals surface area (Å²) in [5.74, 6) is -2.80. The number of rotatable bonds is 4. The SMILES string of the molecule is Cc1ccc(N2C(=O)[C@@H](/C=N/NC(=O)c3ccc4ccccc4c3)C(=O)NC2=S)cc1. The van der Waals surface area contributed by atoms with Gasteiger partial charge in [-0.05, 0) is 54.2 Å². The number of hydrazone groups is 1. The molecule has 1 saturated heterocycles. The molecule has 1 fully saturated rings. The highest BCUT2D eigenvalue weighted by Crippen LogP contribution is 2.21. The van der Waals surface area contributed by atoms with Gasteiger partial charge in [0.1, 0.15) is 0 Å². The first kappa shape index (κ1) is 20.4. The molecule has 0 bridgehead atoms. The molecule has 0 unspecified atom stereocenters. The third-order valence-electron chi connectivity index (χ3n) is 4.90. The van der Waals surface area contributed by atoms with Gasteiger partial charge in [-0.15, -0.1) is 0 Å². The third kappa shape index (κ3) is 4.19. The Labute approximate surface area is 183 Å². The minimum absolute atomic E-state index is 0.00343. The van der Waals surface area contributed by atoms with E-state index in [9.17, 15) is 14.4 Å². The first-order chi connectivity index (χ1) is 14.9. The molecule has 1 heterocycles. The molecule has 0 radical (unpaired) electrons. The lowest BCUT2D eigenvalue weighted by molar-refractivity contribution is -0.130. The molecule has 3 aromatic rings. The maximum Gasteiger partial charge on any atom is 0.271 e. The zero-order chi connectivity index (χ0) is 22.0. The van der Waals surface area contributed by atoms with Gasteiger partial charge in [0.2, 0.25) is 5.91 Å². The first-order valence-electron chi connectivity index (χ1n) is 9.52. The molecule has 1 aliphatic heterocycles. The van der Waals surface area contributed by atoms with Crippen molar-refractivity contribution < 1.29 is 14.4 Å². The van der Waals surface area contributed by atoms with E-state index < -0.39 is 23.6 Å². The summed E-state index contributed by atoms with van der Waals surface area (Å²) < 4.78 is 0. The van der Waals surface area contributed by atoms with E-state index in [1.165, 1.54) is 4.90 Å². The lowest BCUT2D eigenvalue weighted by Crippen LogP contribution is -2.58. The Kier molecular flexibility index (Phi) is 5.55. The van der Waals surface area contributed by atoms with Crippen LogP contribution in [0.15, 0.2) is 71.8 Å². The maximum atomic E-state index is 12.9. The molecule has 0 aliphatic carbocycles. The molecular weight excluding hydrogens is 412 g/mol. The average molecular weight is 430 g/mol. The highest BCUT2D eigenvalue weighted by atomic mass is 32.1. The molecule has 0 aromatic heterocycles. The smallest absolute Gasteiger partial charge is 0.271 e. The second-order valence-corrected chi connectivity index (χ2v) is 7.45. The molecule has 31 heavy (non-hydrogen) atoms. The van der Waals surface area contributed by atoms with Crippen molar-refractivity contribution in [2.75, 3.05) is 4.90 Å². The van der Waals surface area contributed by atoms with Crippen LogP contribution in [-0.2, 0) is 9.59 Å². The summed E-state index contributed by atoms with van der Waals surface area (Å²) in [6.45, 7) is 1.93. The van der Waals surface area contributed by atoms with Crippen LogP contribution in [0.1, 0.15) is 15.9 Å². The predicted molar refractivity (Wildman–Crippen MR) is 123 cm³/mol. The average Bonchev–Trinajstić information content (AvgIpc) is 2.76. The number of nitrogens with zero attached hydrogens (tertiary/aromatic N) is 2. The normalized spacial score (nSPS) is 16.6. The summed E-state index contributed by atoms with van der Waals surface area (Å²) in [5, 5.41) is 8.29. The fourth-order valence-corrected chi connectivity index (χ4v) is 3.52. The van der Waals surface area contributed by atoms with E-state index in [1.54, 1.807) is 24.3 Å². The molecule has 3 aromatic carbocycles. The topological polar surface area (TPSA) is 90.9 Å². The Bertz CT molecular complexity index is 1240. The number of carbonyl (C=O) groups is 3. The van der Waals surface area contributed by atoms with Crippen molar-refractivity contribution in [1.82, 2.24) is 10.7 Å². The fourth-order valence-electron chi connectivity index (χ4n) is 3.23. The summed E-state index contributed by atoms with van der Waals surface area (Å²) in [6.07, 6.45) is 1.11. The minimum Gasteiger partial charge on any atom is -0.301 e. The van der Waals surface area contributed by atoms with Crippen LogP contribution in [0.5, 0.6) is 0 Å². The molecule has 4 rings (SSSR count). The van der Waals surface area contributed by atoms with Crippen LogP contribution < -0.4 is 15.6 Å². The van der Waals surface area contributed by atoms with Gasteiger partial charge in [0.15, 0.2) is 11.0 Å². The number of hydrogen-bond acceptors (Lipinski definition) is 5. The van der Waals surface area contributed by atoms with Gasteiger partial charge in [0, 0.05) is 11.8 Å². The quantitative estimate of drug-likeness (QED) is 0.288. The van der Waals surface area contributed by atoms with Crippen molar-refractivity contribution in [3.8, 4) is 0 Å². The van der Waals surface area contributed by atoms with Crippen LogP contribution in [0.3, 0.4) is 0 Å². The summed E-state index contributed by atoms with van der Waals surface area (Å²) >= 11 is 5.16. The number of fused-ring (bicyclic) bond motifs is 1. The molecule has 0 spiro atoms. The summed E-state index contributed by atoms with van der Waals surface area (Å²) in [5.41, 5.74) is 4.35. The lowest BCUT2D eigenvalue weighted by atomic mass is 10.1. The van der Waals surface area contributed by atoms with Crippen LogP contribution in [0, 0.1) is 12.8 Å². The van der Waals surface area contributed by atoms with E-state index in [1.807, 2.05) is 49.4 Å². The molecule has 7 nitrogen and oxygen atoms in total. The van der Waals surface area contributed by atoms with Gasteiger partial charge in [-0.2, -0.15) is 5.10 Å². The number of aryl methyl sites for hydroxylation is 1. The van der Waals surface area contributed by atoms with Crippen molar-refractivity contribution >= 4 is 57.7 Å². The second-order valence-electron chi connectivity index (χ2n) is 7.06. The molecule has 154 valence electrons. The fraction of sp³-hybridized carbons (Fsp3) is 0.0870. The number of thiocarbonyl (C=S) groups is 1. The Morgan fingerprint density at radius 3 is 2.52 bits per heavy atom. The highest BCUT2D eigenvalue weighted by molar-refractivity contribution is 7.80. The Hall–Kier alpha value is -3.91. The van der Waals surface area contributed by atoms with Gasteiger partial charge in [-0.25, -0.2) is 5.43 Å². The van der Waals surface area contributed by atoms with Gasteiger partial charge in [-0.3, -0.25) is 19.3 Å². The van der Waals surface area contributed by atoms with Crippen molar-refractivity contribution in [3.63, 3.8) is 0 Å². The molecule has 0 saturated carbocycles. The Balaban J connectivity index is 1.49. The van der Waals surface area contributed by atoms with E-state index in [-0.39, 0.29) is 5.11 Å². The molecule has 2 N–H and O–H groups in total. The minimum atomic E-state index is -1.22. The van der Waals surface area contributed by atoms with Crippen molar-refractivity contribution in [2.45, 2.75) is 6.92 Å². The van der Waals surface area contributed by atoms with E-state index in [2.05, 4.69) is 15.8 Å². The van der Waals surface area contributed by atoms with Crippen molar-refractivity contribution in [3.05, 3.63) is 77.9 Å². The number of anilines is 1. The van der Waals surface area contributed by atoms with E-state index in [0.717, 1.165) is 22.6 Å². The standard InChI is InChI=1S/C23H18N4O3S/c1-14-6-10-18(11-7-14)27-22(30)19(21(29)25-23(27)31)13-24-26-20(28)17-9-8-15-4-2-3-5-16(15)12-17/h2-13,19H,1H3,(H,26,28)(H,25,29,31)/b24-13+/t19-/m0/s1. The number of amides is 3. The van der Waals surface area contributed by atoms with E-state index in [4.69, 9.17) is 12.2 Å². The van der Waals surface area contributed by atoms with Crippen LogP contribution in [0.25, 0.3) is 10.8 Å². The number of hydrogen-bond donors (Lipinski definition) is 2. The summed E-state index contributed by atoms with van der Waals surface area (Å²) in [4.78, 5) is 38.9. The Morgan fingerprint density at radius 2 is 1.77 bits per heavy atom. The largest absolute Gasteiger partial charge is 0.301 e. The van der Waals surface area contributed by atoms with E-state index >= 15 is 0 Å². The molecule has 1 atom stereocenters. The summed E-state index contributed by atoms with van der Waals surface area (Å²) in [7, 11) is 0. The summed E-state index contributed by atoms with van der Waals surface area (Å²) in [6, 6.07) is 20.1. The van der Waals surface area contributed by atoms with Gasteiger partial charge >= 0.3 is 0 Å². The molecule has 8 heteroatoms. The maximum absolute atomic E-state index is 12.9.